The van der Waals surface area contributed by atoms with E-state index in [0.717, 1.165) is 56.3 Å². The topological polar surface area (TPSA) is 122 Å². The maximum Gasteiger partial charge on any atom is 0.329 e. The van der Waals surface area contributed by atoms with Crippen molar-refractivity contribution in [1.82, 2.24) is 14.5 Å². The summed E-state index contributed by atoms with van der Waals surface area (Å²) in [7, 11) is 1.68. The second-order valence-corrected chi connectivity index (χ2v) is 8.07. The molecule has 3 N–H and O–H groups in total. The van der Waals surface area contributed by atoms with Crippen LogP contribution in [0.1, 0.15) is 63.8 Å². The number of nitrogens with zero attached hydrogens (tertiary/aromatic N) is 2. The van der Waals surface area contributed by atoms with Crippen molar-refractivity contribution < 1.29 is 19.5 Å². The van der Waals surface area contributed by atoms with Crippen LogP contribution in [0.5, 0.6) is 0 Å². The van der Waals surface area contributed by atoms with Crippen LogP contribution in [-0.2, 0) is 21.4 Å². The largest absolute Gasteiger partial charge is 0.481 e. The molecule has 9 nitrogen and oxygen atoms in total. The zero-order valence-corrected chi connectivity index (χ0v) is 17.9. The first-order chi connectivity index (χ1) is 14.9. The molecule has 0 aliphatic carbocycles. The molecule has 168 valence electrons. The number of rotatable bonds is 11. The van der Waals surface area contributed by atoms with E-state index in [2.05, 4.69) is 10.6 Å². The van der Waals surface area contributed by atoms with E-state index in [1.807, 2.05) is 18.2 Å². The van der Waals surface area contributed by atoms with Gasteiger partial charge in [0.1, 0.15) is 6.04 Å². The number of aromatic nitrogens is 2. The van der Waals surface area contributed by atoms with Gasteiger partial charge in [-0.25, -0.2) is 4.79 Å². The van der Waals surface area contributed by atoms with E-state index in [9.17, 15) is 19.2 Å². The molecule has 0 radical (unpaired) electrons. The van der Waals surface area contributed by atoms with Crippen LogP contribution in [0.15, 0.2) is 23.0 Å². The molecule has 0 bridgehead atoms. The number of aryl methyl sites for hydroxylation is 1. The monoisotopic (exact) mass is 430 g/mol. The molecule has 0 saturated carbocycles. The molecule has 3 rings (SSSR count). The zero-order chi connectivity index (χ0) is 22.4. The fourth-order valence-electron chi connectivity index (χ4n) is 4.04. The molecule has 1 atom stereocenters. The predicted molar refractivity (Wildman–Crippen MR) is 117 cm³/mol. The van der Waals surface area contributed by atoms with Gasteiger partial charge in [-0.05, 0) is 37.5 Å². The number of carboxylic acid groups (broad SMARTS) is 1. The SMILES string of the molecule is Cn1c(=O)n(C2CCC(=O)NC2=O)c2ccc(NCCCCCCCCC(=O)O)cc21. The van der Waals surface area contributed by atoms with Crippen molar-refractivity contribution in [3.8, 4) is 0 Å². The highest BCUT2D eigenvalue weighted by Crippen LogP contribution is 2.25. The fraction of sp³-hybridized carbons (Fsp3) is 0.545. The Bertz CT molecular complexity index is 1020. The first-order valence-corrected chi connectivity index (χ1v) is 10.9. The number of hydrogen-bond donors (Lipinski definition) is 3. The normalized spacial score (nSPS) is 16.5. The Kier molecular flexibility index (Phi) is 7.49. The standard InChI is InChI=1S/C22H30N4O5/c1-25-18-14-15(23-13-7-5-3-2-4-6-8-20(28)29)9-10-16(18)26(22(25)31)17-11-12-19(27)24-21(17)30/h9-10,14,17,23H,2-8,11-13H2,1H3,(H,28,29)(H,24,27,30). The van der Waals surface area contributed by atoms with E-state index >= 15 is 0 Å². The third-order valence-electron chi connectivity index (χ3n) is 5.76. The van der Waals surface area contributed by atoms with Gasteiger partial charge in [-0.2, -0.15) is 0 Å². The zero-order valence-electron chi connectivity index (χ0n) is 17.9. The fourth-order valence-corrected chi connectivity index (χ4v) is 4.04. The van der Waals surface area contributed by atoms with Gasteiger partial charge in [0.15, 0.2) is 0 Å². The summed E-state index contributed by atoms with van der Waals surface area (Å²) < 4.78 is 3.01. The van der Waals surface area contributed by atoms with Crippen LogP contribution in [0.3, 0.4) is 0 Å². The maximum absolute atomic E-state index is 12.8. The predicted octanol–water partition coefficient (Wildman–Crippen LogP) is 2.54. The second kappa shape index (κ2) is 10.3. The van der Waals surface area contributed by atoms with Crippen LogP contribution >= 0.6 is 0 Å². The quantitative estimate of drug-likeness (QED) is 0.372. The number of anilines is 1. The second-order valence-electron chi connectivity index (χ2n) is 8.07. The summed E-state index contributed by atoms with van der Waals surface area (Å²) in [5.74, 6) is -1.47. The molecule has 1 saturated heterocycles. The smallest absolute Gasteiger partial charge is 0.329 e. The van der Waals surface area contributed by atoms with Crippen molar-refractivity contribution in [2.75, 3.05) is 11.9 Å². The number of carbonyl (C=O) groups is 3. The van der Waals surface area contributed by atoms with Gasteiger partial charge in [-0.3, -0.25) is 28.8 Å². The van der Waals surface area contributed by atoms with Crippen LogP contribution in [0.2, 0.25) is 0 Å². The molecule has 2 amide bonds. The highest BCUT2D eigenvalue weighted by molar-refractivity contribution is 6.00. The number of aliphatic carboxylic acids is 1. The molecule has 1 unspecified atom stereocenters. The van der Waals surface area contributed by atoms with Crippen molar-refractivity contribution in [2.24, 2.45) is 7.05 Å². The average Bonchev–Trinajstić information content (AvgIpc) is 2.97. The highest BCUT2D eigenvalue weighted by atomic mass is 16.4. The Morgan fingerprint density at radius 3 is 2.52 bits per heavy atom. The number of carboxylic acids is 1. The number of piperidine rings is 1. The van der Waals surface area contributed by atoms with Crippen molar-refractivity contribution in [2.45, 2.75) is 63.8 Å². The number of imide groups is 1. The minimum Gasteiger partial charge on any atom is -0.481 e. The third kappa shape index (κ3) is 5.53. The number of benzene rings is 1. The highest BCUT2D eigenvalue weighted by Gasteiger charge is 2.31. The van der Waals surface area contributed by atoms with Crippen molar-refractivity contribution in [3.05, 3.63) is 28.7 Å². The Balaban J connectivity index is 1.55. The van der Waals surface area contributed by atoms with Crippen LogP contribution in [0, 0.1) is 0 Å². The Morgan fingerprint density at radius 2 is 1.81 bits per heavy atom. The van der Waals surface area contributed by atoms with E-state index in [4.69, 9.17) is 5.11 Å². The third-order valence-corrected chi connectivity index (χ3v) is 5.76. The number of nitrogens with one attached hydrogen (secondary N) is 2. The van der Waals surface area contributed by atoms with E-state index in [0.29, 0.717) is 11.9 Å². The van der Waals surface area contributed by atoms with Gasteiger partial charge in [0, 0.05) is 32.1 Å². The summed E-state index contributed by atoms with van der Waals surface area (Å²) in [5.41, 5.74) is 2.04. The summed E-state index contributed by atoms with van der Waals surface area (Å²) in [6.07, 6.45) is 6.70. The number of unbranched alkanes of at least 4 members (excludes halogenated alkanes) is 5. The van der Waals surface area contributed by atoms with Gasteiger partial charge in [0.05, 0.1) is 11.0 Å². The van der Waals surface area contributed by atoms with E-state index in [1.165, 1.54) is 9.13 Å². The van der Waals surface area contributed by atoms with Crippen LogP contribution in [0.4, 0.5) is 5.69 Å². The lowest BCUT2D eigenvalue weighted by molar-refractivity contribution is -0.137. The molecular weight excluding hydrogens is 400 g/mol. The molecular formula is C22H30N4O5. The number of imidazole rings is 1. The summed E-state index contributed by atoms with van der Waals surface area (Å²) in [6.45, 7) is 0.808. The number of carbonyl (C=O) groups excluding carboxylic acids is 2. The summed E-state index contributed by atoms with van der Waals surface area (Å²) in [6, 6.07) is 4.97. The summed E-state index contributed by atoms with van der Waals surface area (Å²) in [4.78, 5) is 46.9. The van der Waals surface area contributed by atoms with Crippen LogP contribution in [-0.4, -0.2) is 38.6 Å². The lowest BCUT2D eigenvalue weighted by Gasteiger charge is -2.21. The van der Waals surface area contributed by atoms with Gasteiger partial charge in [-0.15, -0.1) is 0 Å². The lowest BCUT2D eigenvalue weighted by Crippen LogP contribution is -2.44. The summed E-state index contributed by atoms with van der Waals surface area (Å²) in [5, 5.41) is 14.3. The molecule has 1 aliphatic rings. The number of hydrogen-bond acceptors (Lipinski definition) is 5. The Hall–Kier alpha value is -3.10. The summed E-state index contributed by atoms with van der Waals surface area (Å²) >= 11 is 0. The molecule has 1 aromatic heterocycles. The van der Waals surface area contributed by atoms with Crippen LogP contribution in [0.25, 0.3) is 11.0 Å². The van der Waals surface area contributed by atoms with E-state index in [-0.39, 0.29) is 24.4 Å². The van der Waals surface area contributed by atoms with Crippen molar-refractivity contribution >= 4 is 34.5 Å². The molecule has 1 aromatic carbocycles. The van der Waals surface area contributed by atoms with Gasteiger partial charge < -0.3 is 10.4 Å². The lowest BCUT2D eigenvalue weighted by atomic mass is 10.1. The average molecular weight is 431 g/mol. The molecule has 1 aliphatic heterocycles. The molecule has 2 aromatic rings. The Labute approximate surface area is 180 Å². The molecule has 31 heavy (non-hydrogen) atoms. The van der Waals surface area contributed by atoms with E-state index in [1.54, 1.807) is 7.05 Å². The van der Waals surface area contributed by atoms with Gasteiger partial charge in [0.2, 0.25) is 11.8 Å². The van der Waals surface area contributed by atoms with Crippen molar-refractivity contribution in [3.63, 3.8) is 0 Å². The maximum atomic E-state index is 12.8. The number of amides is 2. The Morgan fingerprint density at radius 1 is 1.10 bits per heavy atom. The van der Waals surface area contributed by atoms with Gasteiger partial charge >= 0.3 is 11.7 Å². The van der Waals surface area contributed by atoms with E-state index < -0.39 is 17.9 Å². The number of fused-ring (bicyclic) bond motifs is 1. The molecule has 2 heterocycles. The van der Waals surface area contributed by atoms with Gasteiger partial charge in [-0.1, -0.05) is 25.7 Å². The molecule has 9 heteroatoms. The first kappa shape index (κ1) is 22.6. The minimum absolute atomic E-state index is 0.221. The van der Waals surface area contributed by atoms with Gasteiger partial charge in [0.25, 0.3) is 0 Å². The molecule has 0 spiro atoms. The first-order valence-electron chi connectivity index (χ1n) is 10.9. The van der Waals surface area contributed by atoms with Crippen LogP contribution < -0.4 is 16.3 Å². The van der Waals surface area contributed by atoms with Crippen molar-refractivity contribution in [1.29, 1.82) is 0 Å². The molecule has 1 fully saturated rings. The minimum atomic E-state index is -0.730.